The Labute approximate surface area is 104 Å². The van der Waals surface area contributed by atoms with Crippen molar-refractivity contribution in [2.45, 2.75) is 18.9 Å². The van der Waals surface area contributed by atoms with Crippen molar-refractivity contribution in [1.29, 1.82) is 0 Å². The Hall–Kier alpha value is -1.96. The van der Waals surface area contributed by atoms with Crippen molar-refractivity contribution in [1.82, 2.24) is 14.9 Å². The van der Waals surface area contributed by atoms with Gasteiger partial charge in [-0.3, -0.25) is 10.1 Å². The van der Waals surface area contributed by atoms with E-state index >= 15 is 0 Å². The van der Waals surface area contributed by atoms with Crippen LogP contribution in [0.5, 0.6) is 0 Å². The van der Waals surface area contributed by atoms with Gasteiger partial charge in [-0.2, -0.15) is 4.98 Å². The molecule has 2 rings (SSSR count). The monoisotopic (exact) mass is 252 g/mol. The zero-order valence-electron chi connectivity index (χ0n) is 10.2. The van der Waals surface area contributed by atoms with Gasteiger partial charge >= 0.3 is 5.69 Å². The van der Waals surface area contributed by atoms with E-state index < -0.39 is 4.92 Å². The molecule has 8 heteroatoms. The first-order chi connectivity index (χ1) is 8.58. The third-order valence-corrected chi connectivity index (χ3v) is 2.91. The van der Waals surface area contributed by atoms with Crippen LogP contribution >= 0.6 is 0 Å². The molecular weight excluding hydrogens is 236 g/mol. The largest absolute Gasteiger partial charge is 0.368 e. The van der Waals surface area contributed by atoms with Gasteiger partial charge in [0.25, 0.3) is 0 Å². The summed E-state index contributed by atoms with van der Waals surface area (Å²) in [6, 6.07) is 0.664. The summed E-state index contributed by atoms with van der Waals surface area (Å²) in [5, 5.41) is 13.7. The second-order valence-electron chi connectivity index (χ2n) is 4.36. The average Bonchev–Trinajstić information content (AvgIpc) is 3.12. The molecule has 1 heterocycles. The third-order valence-electron chi connectivity index (χ3n) is 2.91. The van der Waals surface area contributed by atoms with Crippen LogP contribution in [0.3, 0.4) is 0 Å². The van der Waals surface area contributed by atoms with Crippen LogP contribution in [-0.4, -0.2) is 46.0 Å². The summed E-state index contributed by atoms with van der Waals surface area (Å²) in [4.78, 5) is 20.0. The highest BCUT2D eigenvalue weighted by Gasteiger charge is 2.25. The minimum absolute atomic E-state index is 0.0265. The van der Waals surface area contributed by atoms with Gasteiger partial charge in [-0.15, -0.1) is 0 Å². The molecule has 0 radical (unpaired) electrons. The molecule has 1 aliphatic rings. The van der Waals surface area contributed by atoms with Crippen LogP contribution in [0.15, 0.2) is 6.20 Å². The zero-order valence-corrected chi connectivity index (χ0v) is 10.2. The summed E-state index contributed by atoms with van der Waals surface area (Å²) in [6.07, 6.45) is 3.59. The lowest BCUT2D eigenvalue weighted by atomic mass is 10.4. The second kappa shape index (κ2) is 5.13. The second-order valence-corrected chi connectivity index (χ2v) is 4.36. The molecule has 8 nitrogen and oxygen atoms in total. The van der Waals surface area contributed by atoms with Crippen molar-refractivity contribution < 1.29 is 4.92 Å². The van der Waals surface area contributed by atoms with Gasteiger partial charge in [-0.25, -0.2) is 4.98 Å². The van der Waals surface area contributed by atoms with Gasteiger partial charge < -0.3 is 16.0 Å². The van der Waals surface area contributed by atoms with E-state index in [0.29, 0.717) is 12.6 Å². The zero-order chi connectivity index (χ0) is 13.1. The number of nitrogens with zero attached hydrogens (tertiary/aromatic N) is 4. The van der Waals surface area contributed by atoms with Crippen LogP contribution in [0.2, 0.25) is 0 Å². The Bertz CT molecular complexity index is 448. The van der Waals surface area contributed by atoms with Gasteiger partial charge in [0.1, 0.15) is 6.20 Å². The van der Waals surface area contributed by atoms with Crippen molar-refractivity contribution in [3.05, 3.63) is 16.3 Å². The number of rotatable bonds is 6. The molecule has 0 aliphatic heterocycles. The lowest BCUT2D eigenvalue weighted by Gasteiger charge is -2.15. The Morgan fingerprint density at radius 3 is 3.00 bits per heavy atom. The lowest BCUT2D eigenvalue weighted by Crippen LogP contribution is -2.27. The van der Waals surface area contributed by atoms with Crippen LogP contribution in [-0.2, 0) is 0 Å². The van der Waals surface area contributed by atoms with Gasteiger partial charge in [-0.05, 0) is 19.9 Å². The number of anilines is 2. The fourth-order valence-corrected chi connectivity index (χ4v) is 1.70. The predicted molar refractivity (Wildman–Crippen MR) is 67.2 cm³/mol. The van der Waals surface area contributed by atoms with E-state index in [9.17, 15) is 10.1 Å². The fraction of sp³-hybridized carbons (Fsp3) is 0.600. The molecular formula is C10H16N6O2. The number of nitrogens with two attached hydrogens (primary N) is 1. The Morgan fingerprint density at radius 2 is 2.39 bits per heavy atom. The first-order valence-electron chi connectivity index (χ1n) is 5.79. The maximum Gasteiger partial charge on any atom is 0.329 e. The standard InChI is InChI=1S/C10H16N6O2/c1-15(7-2-3-7)5-4-12-9-8(16(17)18)6-13-10(11)14-9/h6-7H,2-5H2,1H3,(H3,11,12,13,14). The molecule has 0 unspecified atom stereocenters. The van der Waals surface area contributed by atoms with Gasteiger partial charge in [0, 0.05) is 19.1 Å². The normalized spacial score (nSPS) is 14.8. The molecule has 0 spiro atoms. The number of nitro groups is 1. The molecule has 0 bridgehead atoms. The number of hydrogen-bond donors (Lipinski definition) is 2. The van der Waals surface area contributed by atoms with Crippen molar-refractivity contribution in [2.75, 3.05) is 31.2 Å². The van der Waals surface area contributed by atoms with Crippen molar-refractivity contribution in [3.8, 4) is 0 Å². The van der Waals surface area contributed by atoms with E-state index in [1.54, 1.807) is 0 Å². The predicted octanol–water partition coefficient (Wildman–Crippen LogP) is 0.473. The van der Waals surface area contributed by atoms with Crippen LogP contribution in [0, 0.1) is 10.1 Å². The van der Waals surface area contributed by atoms with E-state index in [1.165, 1.54) is 12.8 Å². The number of likely N-dealkylation sites (N-methyl/N-ethyl adjacent to an activating group) is 1. The van der Waals surface area contributed by atoms with Crippen LogP contribution in [0.1, 0.15) is 12.8 Å². The molecule has 18 heavy (non-hydrogen) atoms. The molecule has 1 aromatic heterocycles. The van der Waals surface area contributed by atoms with E-state index in [2.05, 4.69) is 20.2 Å². The quantitative estimate of drug-likeness (QED) is 0.559. The van der Waals surface area contributed by atoms with E-state index in [-0.39, 0.29) is 17.5 Å². The van der Waals surface area contributed by atoms with Gasteiger partial charge in [0.15, 0.2) is 0 Å². The minimum Gasteiger partial charge on any atom is -0.368 e. The van der Waals surface area contributed by atoms with Gasteiger partial charge in [0.2, 0.25) is 11.8 Å². The van der Waals surface area contributed by atoms with E-state index in [1.807, 2.05) is 7.05 Å². The molecule has 1 aliphatic carbocycles. The molecule has 98 valence electrons. The molecule has 1 fully saturated rings. The fourth-order valence-electron chi connectivity index (χ4n) is 1.70. The van der Waals surface area contributed by atoms with E-state index in [0.717, 1.165) is 12.7 Å². The molecule has 1 aromatic rings. The number of nitrogen functional groups attached to an aromatic ring is 1. The number of nitrogens with one attached hydrogen (secondary N) is 1. The SMILES string of the molecule is CN(CCNc1nc(N)ncc1[N+](=O)[O-])C1CC1. The van der Waals surface area contributed by atoms with Gasteiger partial charge in [0.05, 0.1) is 4.92 Å². The maximum absolute atomic E-state index is 10.8. The van der Waals surface area contributed by atoms with Gasteiger partial charge in [-0.1, -0.05) is 0 Å². The Kier molecular flexibility index (Phi) is 3.56. The summed E-state index contributed by atoms with van der Waals surface area (Å²) in [6.45, 7) is 1.40. The van der Waals surface area contributed by atoms with Crippen LogP contribution < -0.4 is 11.1 Å². The molecule has 0 saturated heterocycles. The smallest absolute Gasteiger partial charge is 0.329 e. The van der Waals surface area contributed by atoms with Crippen LogP contribution in [0.4, 0.5) is 17.5 Å². The molecule has 0 atom stereocenters. The number of aromatic nitrogens is 2. The summed E-state index contributed by atoms with van der Waals surface area (Å²) in [5.41, 5.74) is 5.27. The highest BCUT2D eigenvalue weighted by molar-refractivity contribution is 5.56. The summed E-state index contributed by atoms with van der Waals surface area (Å²) < 4.78 is 0. The Balaban J connectivity index is 1.94. The molecule has 0 amide bonds. The first kappa shape index (κ1) is 12.5. The summed E-state index contributed by atoms with van der Waals surface area (Å²) >= 11 is 0. The van der Waals surface area contributed by atoms with Crippen molar-refractivity contribution in [2.24, 2.45) is 0 Å². The average molecular weight is 252 g/mol. The lowest BCUT2D eigenvalue weighted by molar-refractivity contribution is -0.384. The van der Waals surface area contributed by atoms with Crippen molar-refractivity contribution in [3.63, 3.8) is 0 Å². The third kappa shape index (κ3) is 3.04. The number of hydrogen-bond acceptors (Lipinski definition) is 7. The van der Waals surface area contributed by atoms with E-state index in [4.69, 9.17) is 5.73 Å². The summed E-state index contributed by atoms with van der Waals surface area (Å²) in [5.74, 6) is 0.204. The molecule has 1 saturated carbocycles. The highest BCUT2D eigenvalue weighted by Crippen LogP contribution is 2.25. The molecule has 0 aromatic carbocycles. The first-order valence-corrected chi connectivity index (χ1v) is 5.79. The van der Waals surface area contributed by atoms with Crippen LogP contribution in [0.25, 0.3) is 0 Å². The maximum atomic E-state index is 10.8. The topological polar surface area (TPSA) is 110 Å². The van der Waals surface area contributed by atoms with Crippen molar-refractivity contribution >= 4 is 17.5 Å². The highest BCUT2D eigenvalue weighted by atomic mass is 16.6. The molecule has 3 N–H and O–H groups in total. The Morgan fingerprint density at radius 1 is 1.67 bits per heavy atom. The summed E-state index contributed by atoms with van der Waals surface area (Å²) in [7, 11) is 2.04. The minimum atomic E-state index is -0.521.